The number of aryl methyl sites for hydroxylation is 1. The summed E-state index contributed by atoms with van der Waals surface area (Å²) in [5, 5.41) is 0.708. The smallest absolute Gasteiger partial charge is 0.0562 e. The highest BCUT2D eigenvalue weighted by molar-refractivity contribution is 6.31. The van der Waals surface area contributed by atoms with Crippen molar-refractivity contribution in [3.63, 3.8) is 0 Å². The van der Waals surface area contributed by atoms with Crippen LogP contribution < -0.4 is 0 Å². The molecule has 0 aromatic heterocycles. The van der Waals surface area contributed by atoms with Crippen molar-refractivity contribution in [1.29, 1.82) is 0 Å². The van der Waals surface area contributed by atoms with Crippen LogP contribution in [0.1, 0.15) is 28.7 Å². The molecule has 0 fully saturated rings. The Morgan fingerprint density at radius 3 is 2.78 bits per heavy atom. The summed E-state index contributed by atoms with van der Waals surface area (Å²) in [6.45, 7) is 0. The second-order valence-electron chi connectivity index (χ2n) is 4.39. The van der Waals surface area contributed by atoms with Crippen LogP contribution in [0, 0.1) is 18.3 Å². The van der Waals surface area contributed by atoms with E-state index in [-0.39, 0.29) is 0 Å². The van der Waals surface area contributed by atoms with Crippen LogP contribution in [-0.2, 0) is 6.42 Å². The Bertz CT molecular complexity index is 644. The molecule has 1 heteroatoms. The van der Waals surface area contributed by atoms with Crippen molar-refractivity contribution in [3.05, 3.63) is 76.2 Å². The van der Waals surface area contributed by atoms with Gasteiger partial charge in [0.1, 0.15) is 0 Å². The molecule has 0 unspecified atom stereocenters. The molecule has 0 N–H and O–H groups in total. The van der Waals surface area contributed by atoms with Crippen molar-refractivity contribution in [3.8, 4) is 11.8 Å². The van der Waals surface area contributed by atoms with Crippen molar-refractivity contribution in [2.75, 3.05) is 0 Å². The van der Waals surface area contributed by atoms with Crippen LogP contribution in [-0.4, -0.2) is 0 Å². The third-order valence-electron chi connectivity index (χ3n) is 3.14. The molecule has 0 atom stereocenters. The molecule has 0 saturated carbocycles. The van der Waals surface area contributed by atoms with E-state index in [2.05, 4.69) is 36.5 Å². The zero-order chi connectivity index (χ0) is 12.4. The minimum atomic E-state index is 0.708. The highest BCUT2D eigenvalue weighted by Gasteiger charge is 2.10. The summed E-state index contributed by atoms with van der Waals surface area (Å²) in [5.41, 5.74) is 4.70. The molecular weight excluding hydrogens is 240 g/mol. The maximum absolute atomic E-state index is 6.08. The minimum Gasteiger partial charge on any atom is -0.0830 e. The molecule has 0 amide bonds. The molecular formula is C17H12Cl. The summed E-state index contributed by atoms with van der Waals surface area (Å²) in [5.74, 6) is 6.31. The summed E-state index contributed by atoms with van der Waals surface area (Å²) in [6.07, 6.45) is 4.56. The first-order chi connectivity index (χ1) is 8.83. The average Bonchev–Trinajstić information content (AvgIpc) is 2.85. The van der Waals surface area contributed by atoms with Crippen molar-refractivity contribution >= 4 is 11.6 Å². The molecule has 0 heterocycles. The topological polar surface area (TPSA) is 0 Å². The normalized spacial score (nSPS) is 12.7. The van der Waals surface area contributed by atoms with Crippen molar-refractivity contribution in [1.82, 2.24) is 0 Å². The van der Waals surface area contributed by atoms with Crippen LogP contribution in [0.25, 0.3) is 0 Å². The van der Waals surface area contributed by atoms with Crippen molar-refractivity contribution < 1.29 is 0 Å². The van der Waals surface area contributed by atoms with E-state index in [9.17, 15) is 0 Å². The summed E-state index contributed by atoms with van der Waals surface area (Å²) in [4.78, 5) is 0. The summed E-state index contributed by atoms with van der Waals surface area (Å²) in [7, 11) is 0. The van der Waals surface area contributed by atoms with Gasteiger partial charge < -0.3 is 0 Å². The molecule has 18 heavy (non-hydrogen) atoms. The Morgan fingerprint density at radius 1 is 1.00 bits per heavy atom. The Kier molecular flexibility index (Phi) is 3.09. The lowest BCUT2D eigenvalue weighted by molar-refractivity contribution is 1.03. The average molecular weight is 252 g/mol. The van der Waals surface area contributed by atoms with E-state index >= 15 is 0 Å². The summed E-state index contributed by atoms with van der Waals surface area (Å²) < 4.78 is 0. The Hall–Kier alpha value is -1.71. The van der Waals surface area contributed by atoms with E-state index in [0.29, 0.717) is 5.02 Å². The Balaban J connectivity index is 1.92. The van der Waals surface area contributed by atoms with Gasteiger partial charge >= 0.3 is 0 Å². The maximum atomic E-state index is 6.08. The van der Waals surface area contributed by atoms with Crippen LogP contribution in [0.2, 0.25) is 5.02 Å². The predicted molar refractivity (Wildman–Crippen MR) is 75.6 cm³/mol. The zero-order valence-electron chi connectivity index (χ0n) is 9.91. The molecule has 1 aliphatic rings. The number of hydrogen-bond donors (Lipinski definition) is 0. The molecule has 0 saturated heterocycles. The van der Waals surface area contributed by atoms with Crippen LogP contribution in [0.3, 0.4) is 0 Å². The van der Waals surface area contributed by atoms with Gasteiger partial charge in [-0.15, -0.1) is 0 Å². The fourth-order valence-corrected chi connectivity index (χ4v) is 2.37. The molecule has 1 aliphatic carbocycles. The van der Waals surface area contributed by atoms with Gasteiger partial charge in [-0.25, -0.2) is 0 Å². The van der Waals surface area contributed by atoms with Gasteiger partial charge in [0, 0.05) is 11.1 Å². The standard InChI is InChI=1S/C17H12Cl/c18-17-7-2-1-4-15(17)11-9-13-8-10-14-5-3-6-16(14)12-13/h1-2,4-5,7-8,10,12H,3,6H2. The summed E-state index contributed by atoms with van der Waals surface area (Å²) >= 11 is 6.08. The van der Waals surface area contributed by atoms with Crippen LogP contribution in [0.4, 0.5) is 0 Å². The molecule has 3 rings (SSSR count). The zero-order valence-corrected chi connectivity index (χ0v) is 10.7. The van der Waals surface area contributed by atoms with Gasteiger partial charge in [-0.05, 0) is 54.7 Å². The van der Waals surface area contributed by atoms with E-state index < -0.39 is 0 Å². The number of halogens is 1. The number of benzene rings is 2. The second kappa shape index (κ2) is 4.88. The number of hydrogen-bond acceptors (Lipinski definition) is 0. The highest BCUT2D eigenvalue weighted by Crippen LogP contribution is 2.24. The fourth-order valence-electron chi connectivity index (χ4n) is 2.18. The monoisotopic (exact) mass is 251 g/mol. The van der Waals surface area contributed by atoms with Gasteiger partial charge in [-0.1, -0.05) is 41.6 Å². The quantitative estimate of drug-likeness (QED) is 0.615. The minimum absolute atomic E-state index is 0.708. The first kappa shape index (κ1) is 11.4. The number of rotatable bonds is 0. The molecule has 87 valence electrons. The molecule has 0 spiro atoms. The molecule has 2 aromatic carbocycles. The van der Waals surface area contributed by atoms with Crippen LogP contribution in [0.5, 0.6) is 0 Å². The SMILES string of the molecule is Clc1ccccc1C#Cc1ccc2c(c1)CC[CH]2. The van der Waals surface area contributed by atoms with Gasteiger partial charge in [0.15, 0.2) is 0 Å². The predicted octanol–water partition coefficient (Wildman–Crippen LogP) is 4.24. The Morgan fingerprint density at radius 2 is 1.89 bits per heavy atom. The first-order valence-electron chi connectivity index (χ1n) is 6.05. The third kappa shape index (κ3) is 2.28. The molecule has 1 radical (unpaired) electrons. The van der Waals surface area contributed by atoms with Gasteiger partial charge in [-0.3, -0.25) is 0 Å². The van der Waals surface area contributed by atoms with Crippen LogP contribution >= 0.6 is 11.6 Å². The molecule has 0 nitrogen and oxygen atoms in total. The van der Waals surface area contributed by atoms with Crippen molar-refractivity contribution in [2.45, 2.75) is 12.8 Å². The molecule has 2 aromatic rings. The third-order valence-corrected chi connectivity index (χ3v) is 3.47. The molecule has 0 aliphatic heterocycles. The fraction of sp³-hybridized carbons (Fsp3) is 0.118. The van der Waals surface area contributed by atoms with E-state index in [1.54, 1.807) is 0 Å². The van der Waals surface area contributed by atoms with Gasteiger partial charge in [0.2, 0.25) is 0 Å². The lowest BCUT2D eigenvalue weighted by atomic mass is 10.1. The summed E-state index contributed by atoms with van der Waals surface area (Å²) in [6, 6.07) is 14.1. The highest BCUT2D eigenvalue weighted by atomic mass is 35.5. The van der Waals surface area contributed by atoms with Gasteiger partial charge in [-0.2, -0.15) is 0 Å². The lowest BCUT2D eigenvalue weighted by Gasteiger charge is -1.98. The first-order valence-corrected chi connectivity index (χ1v) is 6.43. The van der Waals surface area contributed by atoms with E-state index in [4.69, 9.17) is 11.6 Å². The van der Waals surface area contributed by atoms with E-state index in [1.807, 2.05) is 24.3 Å². The molecule has 0 bridgehead atoms. The largest absolute Gasteiger partial charge is 0.0830 e. The van der Waals surface area contributed by atoms with Gasteiger partial charge in [0.25, 0.3) is 0 Å². The van der Waals surface area contributed by atoms with E-state index in [0.717, 1.165) is 24.0 Å². The maximum Gasteiger partial charge on any atom is 0.0562 e. The van der Waals surface area contributed by atoms with Gasteiger partial charge in [0.05, 0.1) is 5.02 Å². The number of fused-ring (bicyclic) bond motifs is 1. The van der Waals surface area contributed by atoms with Crippen molar-refractivity contribution in [2.24, 2.45) is 0 Å². The second-order valence-corrected chi connectivity index (χ2v) is 4.79. The van der Waals surface area contributed by atoms with E-state index in [1.165, 1.54) is 11.1 Å². The Labute approximate surface area is 113 Å². The lowest BCUT2D eigenvalue weighted by Crippen LogP contribution is -1.83. The van der Waals surface area contributed by atoms with Crippen LogP contribution in [0.15, 0.2) is 42.5 Å².